The highest BCUT2D eigenvalue weighted by atomic mass is 16.2. The number of nitrogens with zero attached hydrogens (tertiary/aromatic N) is 5. The van der Waals surface area contributed by atoms with Gasteiger partial charge in [0, 0.05) is 12.7 Å². The van der Waals surface area contributed by atoms with Crippen molar-refractivity contribution >= 4 is 5.91 Å². The topological polar surface area (TPSA) is 85.6 Å². The molecule has 0 spiro atoms. The minimum atomic E-state index is -0.277. The van der Waals surface area contributed by atoms with Gasteiger partial charge in [-0.1, -0.05) is 0 Å². The van der Waals surface area contributed by atoms with Crippen molar-refractivity contribution in [3.8, 4) is 0 Å². The van der Waals surface area contributed by atoms with Gasteiger partial charge in [-0.2, -0.15) is 5.10 Å². The molecular weight excluding hydrogens is 220 g/mol. The monoisotopic (exact) mass is 232 g/mol. The van der Waals surface area contributed by atoms with E-state index >= 15 is 0 Å². The first-order valence-electron chi connectivity index (χ1n) is 5.06. The third-order valence-corrected chi connectivity index (χ3v) is 2.20. The van der Waals surface area contributed by atoms with Crippen molar-refractivity contribution in [1.29, 1.82) is 0 Å². The highest BCUT2D eigenvalue weighted by molar-refractivity contribution is 5.90. The Bertz CT molecular complexity index is 535. The highest BCUT2D eigenvalue weighted by Gasteiger charge is 2.11. The molecule has 2 aromatic rings. The predicted molar refractivity (Wildman–Crippen MR) is 58.9 cm³/mol. The smallest absolute Gasteiger partial charge is 0.289 e. The second-order valence-electron chi connectivity index (χ2n) is 3.54. The van der Waals surface area contributed by atoms with Crippen LogP contribution in [0.5, 0.6) is 0 Å². The van der Waals surface area contributed by atoms with Crippen LogP contribution in [0.1, 0.15) is 22.0 Å². The average Bonchev–Trinajstić information content (AvgIpc) is 2.72. The number of aromatic nitrogens is 5. The van der Waals surface area contributed by atoms with E-state index in [1.54, 1.807) is 7.05 Å². The van der Waals surface area contributed by atoms with Crippen LogP contribution in [-0.4, -0.2) is 30.6 Å². The third-order valence-electron chi connectivity index (χ3n) is 2.20. The minimum Gasteiger partial charge on any atom is -0.344 e. The van der Waals surface area contributed by atoms with E-state index in [2.05, 4.69) is 25.4 Å². The van der Waals surface area contributed by atoms with Gasteiger partial charge in [-0.15, -0.1) is 0 Å². The van der Waals surface area contributed by atoms with E-state index in [1.165, 1.54) is 17.3 Å². The summed E-state index contributed by atoms with van der Waals surface area (Å²) in [5, 5.41) is 6.54. The van der Waals surface area contributed by atoms with Crippen LogP contribution in [-0.2, 0) is 13.6 Å². The summed E-state index contributed by atoms with van der Waals surface area (Å²) in [6.07, 6.45) is 2.81. The molecule has 0 bridgehead atoms. The standard InChI is InChI=1S/C10H12N6O/c1-7-3-8(13-5-12-7)4-11-10(17)9-14-6-15-16(9)2/h3,5-6H,4H2,1-2H3,(H,11,17). The largest absolute Gasteiger partial charge is 0.344 e. The van der Waals surface area contributed by atoms with Gasteiger partial charge in [0.05, 0.1) is 12.2 Å². The van der Waals surface area contributed by atoms with Crippen LogP contribution in [0, 0.1) is 6.92 Å². The van der Waals surface area contributed by atoms with Crippen LogP contribution < -0.4 is 5.32 Å². The summed E-state index contributed by atoms with van der Waals surface area (Å²) in [5.41, 5.74) is 1.62. The molecule has 0 saturated heterocycles. The van der Waals surface area contributed by atoms with E-state index in [9.17, 15) is 4.79 Å². The Morgan fingerprint density at radius 1 is 1.35 bits per heavy atom. The lowest BCUT2D eigenvalue weighted by Gasteiger charge is -2.04. The second-order valence-corrected chi connectivity index (χ2v) is 3.54. The van der Waals surface area contributed by atoms with Gasteiger partial charge < -0.3 is 5.32 Å². The molecule has 7 nitrogen and oxygen atoms in total. The molecule has 0 aliphatic heterocycles. The van der Waals surface area contributed by atoms with Crippen molar-refractivity contribution in [3.63, 3.8) is 0 Å². The Kier molecular flexibility index (Phi) is 3.08. The highest BCUT2D eigenvalue weighted by Crippen LogP contribution is 1.97. The van der Waals surface area contributed by atoms with E-state index in [1.807, 2.05) is 13.0 Å². The van der Waals surface area contributed by atoms with E-state index in [0.29, 0.717) is 6.54 Å². The van der Waals surface area contributed by atoms with Crippen molar-refractivity contribution in [2.75, 3.05) is 0 Å². The number of amides is 1. The normalized spacial score (nSPS) is 10.2. The Morgan fingerprint density at radius 2 is 2.18 bits per heavy atom. The number of aryl methyl sites for hydroxylation is 2. The van der Waals surface area contributed by atoms with Crippen molar-refractivity contribution in [2.24, 2.45) is 7.05 Å². The van der Waals surface area contributed by atoms with Gasteiger partial charge in [0.2, 0.25) is 5.82 Å². The fourth-order valence-electron chi connectivity index (χ4n) is 1.36. The third kappa shape index (κ3) is 2.63. The Morgan fingerprint density at radius 3 is 2.82 bits per heavy atom. The molecule has 17 heavy (non-hydrogen) atoms. The summed E-state index contributed by atoms with van der Waals surface area (Å²) in [5.74, 6) is -0.00274. The van der Waals surface area contributed by atoms with Gasteiger partial charge in [0.25, 0.3) is 5.91 Å². The Hall–Kier alpha value is -2.31. The summed E-state index contributed by atoms with van der Waals surface area (Å²) in [6, 6.07) is 1.82. The molecule has 0 aliphatic rings. The predicted octanol–water partition coefficient (Wildman–Crippen LogP) is -0.156. The fourth-order valence-corrected chi connectivity index (χ4v) is 1.36. The van der Waals surface area contributed by atoms with E-state index in [-0.39, 0.29) is 11.7 Å². The van der Waals surface area contributed by atoms with Crippen molar-refractivity contribution in [1.82, 2.24) is 30.0 Å². The van der Waals surface area contributed by atoms with Gasteiger partial charge >= 0.3 is 0 Å². The van der Waals surface area contributed by atoms with Gasteiger partial charge in [-0.05, 0) is 13.0 Å². The molecule has 1 amide bonds. The molecule has 1 N–H and O–H groups in total. The van der Waals surface area contributed by atoms with Gasteiger partial charge in [0.1, 0.15) is 12.7 Å². The molecular formula is C10H12N6O. The molecule has 7 heteroatoms. The first kappa shape index (κ1) is 11.2. The average molecular weight is 232 g/mol. The fraction of sp³-hybridized carbons (Fsp3) is 0.300. The maximum Gasteiger partial charge on any atom is 0.289 e. The van der Waals surface area contributed by atoms with Crippen LogP contribution in [0.3, 0.4) is 0 Å². The minimum absolute atomic E-state index is 0.274. The van der Waals surface area contributed by atoms with Crippen LogP contribution >= 0.6 is 0 Å². The van der Waals surface area contributed by atoms with Crippen LogP contribution in [0.25, 0.3) is 0 Å². The van der Waals surface area contributed by atoms with Crippen molar-refractivity contribution in [3.05, 3.63) is 35.9 Å². The number of carbonyl (C=O) groups excluding carboxylic acids is 1. The SMILES string of the molecule is Cc1cc(CNC(=O)c2ncnn2C)ncn1. The summed E-state index contributed by atoms with van der Waals surface area (Å²) in [7, 11) is 1.66. The zero-order chi connectivity index (χ0) is 12.3. The molecule has 0 radical (unpaired) electrons. The maximum absolute atomic E-state index is 11.7. The van der Waals surface area contributed by atoms with E-state index in [4.69, 9.17) is 0 Å². The molecule has 0 aliphatic carbocycles. The molecule has 2 aromatic heterocycles. The number of nitrogens with one attached hydrogen (secondary N) is 1. The first-order chi connectivity index (χ1) is 8.16. The molecule has 0 aromatic carbocycles. The number of hydrogen-bond acceptors (Lipinski definition) is 5. The Labute approximate surface area is 97.9 Å². The second kappa shape index (κ2) is 4.69. The lowest BCUT2D eigenvalue weighted by molar-refractivity contribution is 0.0935. The summed E-state index contributed by atoms with van der Waals surface area (Å²) < 4.78 is 1.42. The maximum atomic E-state index is 11.7. The lowest BCUT2D eigenvalue weighted by Crippen LogP contribution is -2.26. The number of rotatable bonds is 3. The molecule has 0 unspecified atom stereocenters. The zero-order valence-electron chi connectivity index (χ0n) is 9.58. The molecule has 0 saturated carbocycles. The van der Waals surface area contributed by atoms with Crippen LogP contribution in [0.15, 0.2) is 18.7 Å². The molecule has 2 rings (SSSR count). The Balaban J connectivity index is 1.99. The molecule has 0 atom stereocenters. The summed E-state index contributed by atoms with van der Waals surface area (Å²) >= 11 is 0. The molecule has 88 valence electrons. The van der Waals surface area contributed by atoms with Gasteiger partial charge in [-0.25, -0.2) is 19.6 Å². The lowest BCUT2D eigenvalue weighted by atomic mass is 10.3. The van der Waals surface area contributed by atoms with Gasteiger partial charge in [-0.3, -0.25) is 4.79 Å². The van der Waals surface area contributed by atoms with E-state index in [0.717, 1.165) is 11.4 Å². The zero-order valence-corrected chi connectivity index (χ0v) is 9.58. The first-order valence-corrected chi connectivity index (χ1v) is 5.06. The number of hydrogen-bond donors (Lipinski definition) is 1. The van der Waals surface area contributed by atoms with Crippen LogP contribution in [0.2, 0.25) is 0 Å². The van der Waals surface area contributed by atoms with E-state index < -0.39 is 0 Å². The summed E-state index contributed by atoms with van der Waals surface area (Å²) in [4.78, 5) is 23.6. The molecule has 0 fully saturated rings. The number of carbonyl (C=O) groups is 1. The van der Waals surface area contributed by atoms with Crippen molar-refractivity contribution in [2.45, 2.75) is 13.5 Å². The van der Waals surface area contributed by atoms with Gasteiger partial charge in [0.15, 0.2) is 0 Å². The quantitative estimate of drug-likeness (QED) is 0.795. The molecule has 2 heterocycles. The van der Waals surface area contributed by atoms with Crippen LogP contribution in [0.4, 0.5) is 0 Å². The van der Waals surface area contributed by atoms with Crippen molar-refractivity contribution < 1.29 is 4.79 Å². The summed E-state index contributed by atoms with van der Waals surface area (Å²) in [6.45, 7) is 2.21.